The van der Waals surface area contributed by atoms with Crippen molar-refractivity contribution in [1.82, 2.24) is 19.8 Å². The number of aromatic nitrogens is 2. The summed E-state index contributed by atoms with van der Waals surface area (Å²) >= 11 is 0. The largest absolute Gasteiger partial charge is 0.346 e. The Morgan fingerprint density at radius 3 is 2.52 bits per heavy atom. The van der Waals surface area contributed by atoms with Crippen molar-refractivity contribution >= 4 is 11.8 Å². The Labute approximate surface area is 160 Å². The molecule has 0 spiro atoms. The van der Waals surface area contributed by atoms with E-state index < -0.39 is 0 Å². The van der Waals surface area contributed by atoms with Gasteiger partial charge in [-0.25, -0.2) is 4.98 Å². The summed E-state index contributed by atoms with van der Waals surface area (Å²) < 4.78 is 0. The number of benzene rings is 1. The SMILES string of the molecule is CCCCC1C(=O)N(C)CCN1C(=O)c1ccc(-c2nc(C)[nH]c2C)cc1. The van der Waals surface area contributed by atoms with Crippen LogP contribution >= 0.6 is 0 Å². The second-order valence-electron chi connectivity index (χ2n) is 7.29. The topological polar surface area (TPSA) is 69.3 Å². The molecule has 0 saturated carbocycles. The number of likely N-dealkylation sites (N-methyl/N-ethyl adjacent to an activating group) is 1. The standard InChI is InChI=1S/C21H28N4O2/c1-5-6-7-18-21(27)24(4)12-13-25(18)20(26)17-10-8-16(9-11-17)19-14(2)22-15(3)23-19/h8-11,18H,5-7,12-13H2,1-4H3,(H,22,23). The summed E-state index contributed by atoms with van der Waals surface area (Å²) in [5.41, 5.74) is 3.51. The highest BCUT2D eigenvalue weighted by Crippen LogP contribution is 2.23. The van der Waals surface area contributed by atoms with Gasteiger partial charge in [0.2, 0.25) is 5.91 Å². The van der Waals surface area contributed by atoms with E-state index in [-0.39, 0.29) is 17.9 Å². The van der Waals surface area contributed by atoms with Gasteiger partial charge in [0.05, 0.1) is 5.69 Å². The fourth-order valence-electron chi connectivity index (χ4n) is 3.66. The van der Waals surface area contributed by atoms with Crippen molar-refractivity contribution in [3.8, 4) is 11.3 Å². The lowest BCUT2D eigenvalue weighted by atomic mass is 10.0. The van der Waals surface area contributed by atoms with Crippen LogP contribution in [0.15, 0.2) is 24.3 Å². The molecule has 1 unspecified atom stereocenters. The lowest BCUT2D eigenvalue weighted by Gasteiger charge is -2.39. The summed E-state index contributed by atoms with van der Waals surface area (Å²) in [4.78, 5) is 36.8. The Morgan fingerprint density at radius 2 is 1.93 bits per heavy atom. The van der Waals surface area contributed by atoms with E-state index in [1.807, 2.05) is 45.2 Å². The van der Waals surface area contributed by atoms with E-state index in [1.54, 1.807) is 9.80 Å². The number of hydrogen-bond acceptors (Lipinski definition) is 3. The van der Waals surface area contributed by atoms with Gasteiger partial charge in [0.1, 0.15) is 11.9 Å². The molecule has 1 saturated heterocycles. The number of rotatable bonds is 5. The number of amides is 2. The molecule has 3 rings (SSSR count). The van der Waals surface area contributed by atoms with Gasteiger partial charge in [-0.15, -0.1) is 0 Å². The molecule has 6 heteroatoms. The average molecular weight is 368 g/mol. The zero-order valence-corrected chi connectivity index (χ0v) is 16.6. The number of aromatic amines is 1. The molecule has 144 valence electrons. The minimum Gasteiger partial charge on any atom is -0.346 e. The van der Waals surface area contributed by atoms with Gasteiger partial charge in [0, 0.05) is 37.0 Å². The van der Waals surface area contributed by atoms with Crippen LogP contribution in [-0.2, 0) is 4.79 Å². The van der Waals surface area contributed by atoms with Crippen molar-refractivity contribution in [3.05, 3.63) is 41.3 Å². The maximum absolute atomic E-state index is 13.1. The zero-order chi connectivity index (χ0) is 19.6. The number of imidazole rings is 1. The molecule has 6 nitrogen and oxygen atoms in total. The molecule has 27 heavy (non-hydrogen) atoms. The summed E-state index contributed by atoms with van der Waals surface area (Å²) in [5.74, 6) is 0.846. The predicted octanol–water partition coefficient (Wildman–Crippen LogP) is 3.17. The molecule has 1 atom stereocenters. The summed E-state index contributed by atoms with van der Waals surface area (Å²) in [6, 6.07) is 7.16. The molecule has 1 N–H and O–H groups in total. The van der Waals surface area contributed by atoms with Crippen LogP contribution < -0.4 is 0 Å². The molecule has 1 fully saturated rings. The molecule has 1 aliphatic rings. The fourth-order valence-corrected chi connectivity index (χ4v) is 3.66. The molecule has 1 aromatic carbocycles. The highest BCUT2D eigenvalue weighted by Gasteiger charge is 2.35. The monoisotopic (exact) mass is 368 g/mol. The van der Waals surface area contributed by atoms with Crippen LogP contribution in [-0.4, -0.2) is 57.8 Å². The maximum atomic E-state index is 13.1. The van der Waals surface area contributed by atoms with E-state index in [1.165, 1.54) is 0 Å². The van der Waals surface area contributed by atoms with E-state index in [2.05, 4.69) is 16.9 Å². The van der Waals surface area contributed by atoms with Crippen molar-refractivity contribution in [2.24, 2.45) is 0 Å². The zero-order valence-electron chi connectivity index (χ0n) is 16.6. The smallest absolute Gasteiger partial charge is 0.254 e. The first-order valence-corrected chi connectivity index (χ1v) is 9.62. The quantitative estimate of drug-likeness (QED) is 0.881. The molecule has 0 aliphatic carbocycles. The van der Waals surface area contributed by atoms with Gasteiger partial charge < -0.3 is 14.8 Å². The highest BCUT2D eigenvalue weighted by atomic mass is 16.2. The van der Waals surface area contributed by atoms with Crippen LogP contribution in [0.2, 0.25) is 0 Å². The van der Waals surface area contributed by atoms with Gasteiger partial charge in [-0.05, 0) is 32.4 Å². The minimum atomic E-state index is -0.355. The molecule has 2 heterocycles. The van der Waals surface area contributed by atoms with Crippen LogP contribution in [0.3, 0.4) is 0 Å². The molecular formula is C21H28N4O2. The summed E-state index contributed by atoms with van der Waals surface area (Å²) in [6.45, 7) is 7.17. The van der Waals surface area contributed by atoms with Crippen LogP contribution in [0.25, 0.3) is 11.3 Å². The summed E-state index contributed by atoms with van der Waals surface area (Å²) in [7, 11) is 1.81. The number of unbranched alkanes of at least 4 members (excludes halogenated alkanes) is 1. The van der Waals surface area contributed by atoms with Crippen LogP contribution in [0.1, 0.15) is 48.1 Å². The van der Waals surface area contributed by atoms with Gasteiger partial charge in [-0.3, -0.25) is 9.59 Å². The van der Waals surface area contributed by atoms with E-state index in [0.29, 0.717) is 18.7 Å². The van der Waals surface area contributed by atoms with E-state index in [4.69, 9.17) is 0 Å². The number of nitrogens with zero attached hydrogens (tertiary/aromatic N) is 3. The molecule has 0 bridgehead atoms. The molecule has 2 aromatic rings. The Bertz CT molecular complexity index is 825. The third-order valence-corrected chi connectivity index (χ3v) is 5.21. The van der Waals surface area contributed by atoms with Gasteiger partial charge >= 0.3 is 0 Å². The van der Waals surface area contributed by atoms with E-state index in [0.717, 1.165) is 42.0 Å². The lowest BCUT2D eigenvalue weighted by molar-refractivity contribution is -0.138. The number of H-pyrrole nitrogens is 1. The number of nitrogens with one attached hydrogen (secondary N) is 1. The van der Waals surface area contributed by atoms with Crippen molar-refractivity contribution in [2.45, 2.75) is 46.1 Å². The van der Waals surface area contributed by atoms with Gasteiger partial charge in [0.25, 0.3) is 5.91 Å². The Hall–Kier alpha value is -2.63. The van der Waals surface area contributed by atoms with Crippen LogP contribution in [0, 0.1) is 13.8 Å². The first kappa shape index (κ1) is 19.1. The average Bonchev–Trinajstić information content (AvgIpc) is 3.00. The number of carbonyl (C=O) groups excluding carboxylic acids is 2. The summed E-state index contributed by atoms with van der Waals surface area (Å²) in [5, 5.41) is 0. The third kappa shape index (κ3) is 3.89. The second kappa shape index (κ2) is 7.94. The van der Waals surface area contributed by atoms with E-state index >= 15 is 0 Å². The molecule has 0 radical (unpaired) electrons. The van der Waals surface area contributed by atoms with Crippen molar-refractivity contribution < 1.29 is 9.59 Å². The number of hydrogen-bond donors (Lipinski definition) is 1. The number of aryl methyl sites for hydroxylation is 2. The minimum absolute atomic E-state index is 0.0438. The van der Waals surface area contributed by atoms with Gasteiger partial charge in [0.15, 0.2) is 0 Å². The first-order chi connectivity index (χ1) is 12.9. The fraction of sp³-hybridized carbons (Fsp3) is 0.476. The number of carbonyl (C=O) groups is 2. The van der Waals surface area contributed by atoms with Crippen molar-refractivity contribution in [1.29, 1.82) is 0 Å². The van der Waals surface area contributed by atoms with Gasteiger partial charge in [-0.1, -0.05) is 31.9 Å². The lowest BCUT2D eigenvalue weighted by Crippen LogP contribution is -2.57. The second-order valence-corrected chi connectivity index (χ2v) is 7.29. The highest BCUT2D eigenvalue weighted by molar-refractivity contribution is 5.98. The molecule has 1 aliphatic heterocycles. The van der Waals surface area contributed by atoms with Gasteiger partial charge in [-0.2, -0.15) is 0 Å². The first-order valence-electron chi connectivity index (χ1n) is 9.62. The Morgan fingerprint density at radius 1 is 1.22 bits per heavy atom. The predicted molar refractivity (Wildman–Crippen MR) is 105 cm³/mol. The summed E-state index contributed by atoms with van der Waals surface area (Å²) in [6.07, 6.45) is 2.66. The maximum Gasteiger partial charge on any atom is 0.254 e. The Balaban J connectivity index is 1.81. The van der Waals surface area contributed by atoms with Crippen molar-refractivity contribution in [2.75, 3.05) is 20.1 Å². The van der Waals surface area contributed by atoms with Crippen molar-refractivity contribution in [3.63, 3.8) is 0 Å². The van der Waals surface area contributed by atoms with E-state index in [9.17, 15) is 9.59 Å². The van der Waals surface area contributed by atoms with Crippen LogP contribution in [0.4, 0.5) is 0 Å². The number of piperazine rings is 1. The normalized spacial score (nSPS) is 17.5. The Kier molecular flexibility index (Phi) is 5.63. The molecular weight excluding hydrogens is 340 g/mol. The van der Waals surface area contributed by atoms with Crippen LogP contribution in [0.5, 0.6) is 0 Å². The third-order valence-electron chi connectivity index (χ3n) is 5.21. The molecule has 2 amide bonds. The molecule has 1 aromatic heterocycles.